The number of hydrogen-bond acceptors (Lipinski definition) is 4. The Bertz CT molecular complexity index is 1110. The zero-order chi connectivity index (χ0) is 21.4. The summed E-state index contributed by atoms with van der Waals surface area (Å²) in [4.78, 5) is 34.0. The number of carbonyl (C=O) groups excluding carboxylic acids is 2. The third kappa shape index (κ3) is 3.81. The maximum atomic E-state index is 13.1. The maximum absolute atomic E-state index is 13.1. The molecule has 2 aromatic carbocycles. The summed E-state index contributed by atoms with van der Waals surface area (Å²) >= 11 is 0. The van der Waals surface area contributed by atoms with Crippen LogP contribution in [-0.4, -0.2) is 69.6 Å². The largest absolute Gasteiger partial charge is 0.364 e. The van der Waals surface area contributed by atoms with E-state index >= 15 is 0 Å². The average molecular weight is 418 g/mol. The van der Waals surface area contributed by atoms with Gasteiger partial charge in [-0.15, -0.1) is 0 Å². The number of morpholine rings is 1. The number of rotatable bonds is 5. The Kier molecular flexibility index (Phi) is 5.19. The number of benzene rings is 2. The molecule has 2 aliphatic heterocycles. The number of fused-ring (bicyclic) bond motifs is 2. The molecule has 2 saturated heterocycles. The lowest BCUT2D eigenvalue weighted by Gasteiger charge is -2.36. The van der Waals surface area contributed by atoms with Crippen LogP contribution in [0, 0.1) is 6.92 Å². The summed E-state index contributed by atoms with van der Waals surface area (Å²) in [6, 6.07) is 17.9. The fraction of sp³-hybridized carbons (Fsp3) is 0.375. The van der Waals surface area contributed by atoms with Crippen LogP contribution in [0.3, 0.4) is 0 Å². The number of carbonyl (C=O) groups is 2. The number of hydrogen-bond donors (Lipinski definition) is 0. The van der Waals surface area contributed by atoms with Crippen LogP contribution in [0.2, 0.25) is 0 Å². The summed E-state index contributed by atoms with van der Waals surface area (Å²) in [5, 5.41) is 0. The van der Waals surface area contributed by atoms with Gasteiger partial charge in [0.1, 0.15) is 19.0 Å². The molecule has 0 radical (unpaired) electrons. The number of aromatic nitrogens is 2. The highest BCUT2D eigenvalue weighted by atomic mass is 16.5. The molecule has 0 saturated carbocycles. The van der Waals surface area contributed by atoms with Crippen LogP contribution in [-0.2, 0) is 27.3 Å². The molecule has 160 valence electrons. The summed E-state index contributed by atoms with van der Waals surface area (Å²) < 4.78 is 7.76. The topological polar surface area (TPSA) is 67.7 Å². The molecule has 3 heterocycles. The minimum atomic E-state index is -0.127. The summed E-state index contributed by atoms with van der Waals surface area (Å²) in [5.74, 6) is 0.852. The Morgan fingerprint density at radius 1 is 1.10 bits per heavy atom. The Morgan fingerprint density at radius 2 is 1.87 bits per heavy atom. The van der Waals surface area contributed by atoms with E-state index in [1.54, 1.807) is 0 Å². The molecule has 0 N–H and O–H groups in total. The highest BCUT2D eigenvalue weighted by Gasteiger charge is 2.44. The van der Waals surface area contributed by atoms with Crippen molar-refractivity contribution < 1.29 is 14.3 Å². The third-order valence-corrected chi connectivity index (χ3v) is 6.35. The van der Waals surface area contributed by atoms with Crippen molar-refractivity contribution in [1.29, 1.82) is 0 Å². The second kappa shape index (κ2) is 8.15. The molecule has 7 nitrogen and oxygen atoms in total. The lowest BCUT2D eigenvalue weighted by molar-refractivity contribution is -0.152. The Hall–Kier alpha value is -3.19. The third-order valence-electron chi connectivity index (χ3n) is 6.35. The summed E-state index contributed by atoms with van der Waals surface area (Å²) in [6.45, 7) is 3.91. The van der Waals surface area contributed by atoms with Crippen LogP contribution in [0.1, 0.15) is 11.4 Å². The van der Waals surface area contributed by atoms with Gasteiger partial charge in [0.05, 0.1) is 23.2 Å². The Balaban J connectivity index is 1.28. The smallest absolute Gasteiger partial charge is 0.248 e. The lowest BCUT2D eigenvalue weighted by Crippen LogP contribution is -2.54. The Labute approximate surface area is 181 Å². The molecule has 2 fully saturated rings. The molecule has 0 aliphatic carbocycles. The summed E-state index contributed by atoms with van der Waals surface area (Å²) in [5.41, 5.74) is 3.05. The molecule has 7 heteroatoms. The molecule has 31 heavy (non-hydrogen) atoms. The van der Waals surface area contributed by atoms with Crippen molar-refractivity contribution in [1.82, 2.24) is 19.4 Å². The van der Waals surface area contributed by atoms with Gasteiger partial charge in [-0.1, -0.05) is 42.5 Å². The van der Waals surface area contributed by atoms with Crippen molar-refractivity contribution in [2.45, 2.75) is 32.0 Å². The van der Waals surface area contributed by atoms with Crippen molar-refractivity contribution in [2.75, 3.05) is 26.2 Å². The van der Waals surface area contributed by atoms with Crippen LogP contribution >= 0.6 is 0 Å². The molecule has 2 amide bonds. The van der Waals surface area contributed by atoms with E-state index in [1.807, 2.05) is 63.8 Å². The maximum Gasteiger partial charge on any atom is 0.248 e. The van der Waals surface area contributed by atoms with Gasteiger partial charge in [-0.2, -0.15) is 0 Å². The van der Waals surface area contributed by atoms with E-state index in [0.29, 0.717) is 19.6 Å². The lowest BCUT2D eigenvalue weighted by atomic mass is 10.1. The second-order valence-electron chi connectivity index (χ2n) is 8.27. The van der Waals surface area contributed by atoms with Gasteiger partial charge in [0.15, 0.2) is 0 Å². The monoisotopic (exact) mass is 418 g/mol. The molecule has 5 rings (SSSR count). The van der Waals surface area contributed by atoms with Crippen LogP contribution in [0.5, 0.6) is 0 Å². The van der Waals surface area contributed by atoms with E-state index in [2.05, 4.69) is 17.1 Å². The number of likely N-dealkylation sites (tertiary alicyclic amines) is 1. The Morgan fingerprint density at radius 3 is 2.71 bits per heavy atom. The van der Waals surface area contributed by atoms with Crippen molar-refractivity contribution in [3.63, 3.8) is 0 Å². The van der Waals surface area contributed by atoms with Gasteiger partial charge in [0, 0.05) is 19.6 Å². The van der Waals surface area contributed by atoms with Crippen molar-refractivity contribution >= 4 is 22.8 Å². The van der Waals surface area contributed by atoms with E-state index < -0.39 is 0 Å². The van der Waals surface area contributed by atoms with Crippen LogP contribution < -0.4 is 0 Å². The minimum Gasteiger partial charge on any atom is -0.364 e. The molecule has 0 unspecified atom stereocenters. The summed E-state index contributed by atoms with van der Waals surface area (Å²) in [7, 11) is 0. The molecule has 2 aliphatic rings. The normalized spacial score (nSPS) is 21.0. The first kappa shape index (κ1) is 19.8. The van der Waals surface area contributed by atoms with Gasteiger partial charge >= 0.3 is 0 Å². The number of amides is 2. The SMILES string of the molecule is Cc1nc2ccccc2n1CC(=O)N1C[C@@H]2OCC(=O)N(CCc3ccccc3)[C@H]2C1. The highest BCUT2D eigenvalue weighted by molar-refractivity contribution is 5.82. The van der Waals surface area contributed by atoms with Gasteiger partial charge < -0.3 is 19.1 Å². The first-order valence-electron chi connectivity index (χ1n) is 10.7. The van der Waals surface area contributed by atoms with Gasteiger partial charge in [-0.25, -0.2) is 4.98 Å². The van der Waals surface area contributed by atoms with Crippen molar-refractivity contribution in [3.05, 3.63) is 66.0 Å². The molecular weight excluding hydrogens is 392 g/mol. The fourth-order valence-electron chi connectivity index (χ4n) is 4.69. The number of aryl methyl sites for hydroxylation is 1. The number of para-hydroxylation sites is 2. The zero-order valence-corrected chi connectivity index (χ0v) is 17.6. The summed E-state index contributed by atoms with van der Waals surface area (Å²) in [6.07, 6.45) is 0.669. The standard InChI is InChI=1S/C24H26N4O3/c1-17-25-19-9-5-6-10-20(19)28(17)15-23(29)26-13-21-22(14-26)31-16-24(30)27(21)12-11-18-7-3-2-4-8-18/h2-10,21-22H,11-16H2,1H3/t21-,22-/m0/s1. The van der Waals surface area contributed by atoms with Gasteiger partial charge in [0.2, 0.25) is 11.8 Å². The molecule has 2 atom stereocenters. The first-order valence-corrected chi connectivity index (χ1v) is 10.7. The number of imidazole rings is 1. The van der Waals surface area contributed by atoms with Gasteiger partial charge in [0.25, 0.3) is 0 Å². The van der Waals surface area contributed by atoms with Gasteiger partial charge in [-0.3, -0.25) is 9.59 Å². The second-order valence-corrected chi connectivity index (χ2v) is 8.27. The van der Waals surface area contributed by atoms with E-state index in [0.717, 1.165) is 23.3 Å². The molecule has 0 spiro atoms. The van der Waals surface area contributed by atoms with Crippen molar-refractivity contribution in [2.24, 2.45) is 0 Å². The van der Waals surface area contributed by atoms with Crippen LogP contribution in [0.4, 0.5) is 0 Å². The van der Waals surface area contributed by atoms with Crippen molar-refractivity contribution in [3.8, 4) is 0 Å². The fourth-order valence-corrected chi connectivity index (χ4v) is 4.69. The number of nitrogens with zero attached hydrogens (tertiary/aromatic N) is 4. The average Bonchev–Trinajstić information content (AvgIpc) is 3.35. The molecule has 1 aromatic heterocycles. The van der Waals surface area contributed by atoms with E-state index in [1.165, 1.54) is 5.56 Å². The molecule has 3 aromatic rings. The van der Waals surface area contributed by atoms with Crippen LogP contribution in [0.25, 0.3) is 11.0 Å². The van der Waals surface area contributed by atoms with Crippen LogP contribution in [0.15, 0.2) is 54.6 Å². The minimum absolute atomic E-state index is 0.00271. The predicted molar refractivity (Wildman–Crippen MR) is 116 cm³/mol. The highest BCUT2D eigenvalue weighted by Crippen LogP contribution is 2.25. The van der Waals surface area contributed by atoms with E-state index in [9.17, 15) is 9.59 Å². The van der Waals surface area contributed by atoms with E-state index in [4.69, 9.17) is 4.74 Å². The first-order chi connectivity index (χ1) is 15.1. The van der Waals surface area contributed by atoms with Gasteiger partial charge in [-0.05, 0) is 31.0 Å². The molecular formula is C24H26N4O3. The zero-order valence-electron chi connectivity index (χ0n) is 17.6. The predicted octanol–water partition coefficient (Wildman–Crippen LogP) is 2.03. The quantitative estimate of drug-likeness (QED) is 0.636. The van der Waals surface area contributed by atoms with E-state index in [-0.39, 0.29) is 37.1 Å². The number of ether oxygens (including phenoxy) is 1. The molecule has 0 bridgehead atoms.